The van der Waals surface area contributed by atoms with E-state index in [2.05, 4.69) is 15.7 Å². The minimum absolute atomic E-state index is 0.0766. The summed E-state index contributed by atoms with van der Waals surface area (Å²) in [6, 6.07) is 15.1. The van der Waals surface area contributed by atoms with Crippen LogP contribution >= 0.6 is 11.6 Å². The number of nitrogens with zero attached hydrogens (tertiary/aromatic N) is 2. The lowest BCUT2D eigenvalue weighted by atomic mass is 10.1. The van der Waals surface area contributed by atoms with Gasteiger partial charge in [0.15, 0.2) is 0 Å². The maximum absolute atomic E-state index is 13.3. The van der Waals surface area contributed by atoms with Gasteiger partial charge in [0.25, 0.3) is 5.56 Å². The van der Waals surface area contributed by atoms with Gasteiger partial charge in [-0.25, -0.2) is 4.68 Å². The number of hydrogen-bond acceptors (Lipinski definition) is 4. The highest BCUT2D eigenvalue weighted by Gasteiger charge is 2.25. The first-order valence-electron chi connectivity index (χ1n) is 10.8. The van der Waals surface area contributed by atoms with Gasteiger partial charge in [-0.3, -0.25) is 14.4 Å². The summed E-state index contributed by atoms with van der Waals surface area (Å²) in [6.07, 6.45) is 0.314. The number of carbonyl (C=O) groups excluding carboxylic acids is 2. The number of anilines is 2. The van der Waals surface area contributed by atoms with Crippen molar-refractivity contribution in [3.63, 3.8) is 0 Å². The molecule has 172 valence electrons. The summed E-state index contributed by atoms with van der Waals surface area (Å²) in [7, 11) is 0. The van der Waals surface area contributed by atoms with E-state index in [1.54, 1.807) is 52.0 Å². The smallest absolute Gasteiger partial charge is 0.291 e. The third kappa shape index (κ3) is 5.49. The molecule has 0 fully saturated rings. The highest BCUT2D eigenvalue weighted by Crippen LogP contribution is 2.25. The molecule has 1 heterocycles. The summed E-state index contributed by atoms with van der Waals surface area (Å²) in [6.45, 7) is 7.08. The fourth-order valence-electron chi connectivity index (χ4n) is 3.27. The van der Waals surface area contributed by atoms with Gasteiger partial charge in [0.2, 0.25) is 11.8 Å². The van der Waals surface area contributed by atoms with Crippen molar-refractivity contribution in [2.75, 3.05) is 10.6 Å². The van der Waals surface area contributed by atoms with Gasteiger partial charge in [-0.2, -0.15) is 5.10 Å². The van der Waals surface area contributed by atoms with Crippen LogP contribution in [-0.2, 0) is 9.59 Å². The molecule has 33 heavy (non-hydrogen) atoms. The summed E-state index contributed by atoms with van der Waals surface area (Å²) < 4.78 is 1.15. The molecule has 1 atom stereocenters. The largest absolute Gasteiger partial charge is 0.324 e. The molecule has 0 radical (unpaired) electrons. The lowest BCUT2D eigenvalue weighted by Crippen LogP contribution is -2.37. The Balaban J connectivity index is 2.08. The van der Waals surface area contributed by atoms with E-state index in [-0.39, 0.29) is 17.5 Å². The van der Waals surface area contributed by atoms with E-state index in [0.29, 0.717) is 22.8 Å². The van der Waals surface area contributed by atoms with Gasteiger partial charge >= 0.3 is 0 Å². The Labute approximate surface area is 197 Å². The van der Waals surface area contributed by atoms with Crippen molar-refractivity contribution in [2.24, 2.45) is 5.92 Å². The maximum atomic E-state index is 13.3. The normalized spacial score (nSPS) is 11.8. The molecule has 1 unspecified atom stereocenters. The quantitative estimate of drug-likeness (QED) is 0.509. The number of halogens is 1. The molecular formula is C25H27ClN4O3. The summed E-state index contributed by atoms with van der Waals surface area (Å²) in [5, 5.41) is 10.6. The monoisotopic (exact) mass is 466 g/mol. The van der Waals surface area contributed by atoms with E-state index < -0.39 is 17.5 Å². The number of amides is 2. The minimum Gasteiger partial charge on any atom is -0.324 e. The van der Waals surface area contributed by atoms with Crippen LogP contribution in [0.3, 0.4) is 0 Å². The predicted molar refractivity (Wildman–Crippen MR) is 132 cm³/mol. The predicted octanol–water partition coefficient (Wildman–Crippen LogP) is 5.06. The Hall–Kier alpha value is -3.45. The van der Waals surface area contributed by atoms with Gasteiger partial charge in [-0.1, -0.05) is 68.8 Å². The summed E-state index contributed by atoms with van der Waals surface area (Å²) in [4.78, 5) is 38.8. The van der Waals surface area contributed by atoms with Gasteiger partial charge in [-0.05, 0) is 37.1 Å². The molecule has 0 spiro atoms. The zero-order valence-electron chi connectivity index (χ0n) is 19.1. The van der Waals surface area contributed by atoms with E-state index in [1.165, 1.54) is 0 Å². The van der Waals surface area contributed by atoms with Gasteiger partial charge in [0.05, 0.1) is 5.69 Å². The fraction of sp³-hybridized carbons (Fsp3) is 0.280. The second-order valence-electron chi connectivity index (χ2n) is 8.03. The summed E-state index contributed by atoms with van der Waals surface area (Å²) in [5.74, 6) is -1.01. The van der Waals surface area contributed by atoms with Crippen molar-refractivity contribution in [3.8, 4) is 11.3 Å². The van der Waals surface area contributed by atoms with Gasteiger partial charge < -0.3 is 10.6 Å². The molecule has 0 bridgehead atoms. The standard InChI is InChI=1S/C25H27ClN4O3/c1-5-22(24(32)27-19-13-9-12-18(26)16(19)4)30-25(33)21(28-23(31)15(2)3)14-20(29-30)17-10-7-6-8-11-17/h6-15,22H,5H2,1-4H3,(H,27,32)(H,28,31). The molecule has 2 amide bonds. The second kappa shape index (κ2) is 10.4. The van der Waals surface area contributed by atoms with E-state index in [0.717, 1.165) is 15.8 Å². The summed E-state index contributed by atoms with van der Waals surface area (Å²) in [5.41, 5.74) is 2.05. The fourth-order valence-corrected chi connectivity index (χ4v) is 3.44. The molecule has 8 heteroatoms. The first-order chi connectivity index (χ1) is 15.7. The van der Waals surface area contributed by atoms with Crippen molar-refractivity contribution < 1.29 is 9.59 Å². The number of hydrogen-bond donors (Lipinski definition) is 2. The maximum Gasteiger partial charge on any atom is 0.291 e. The van der Waals surface area contributed by atoms with Crippen molar-refractivity contribution in [1.82, 2.24) is 9.78 Å². The third-order valence-electron chi connectivity index (χ3n) is 5.30. The Morgan fingerprint density at radius 3 is 2.30 bits per heavy atom. The molecule has 0 saturated heterocycles. The van der Waals surface area contributed by atoms with Crippen molar-refractivity contribution >= 4 is 34.8 Å². The summed E-state index contributed by atoms with van der Waals surface area (Å²) >= 11 is 6.18. The van der Waals surface area contributed by atoms with E-state index in [9.17, 15) is 14.4 Å². The topological polar surface area (TPSA) is 93.1 Å². The van der Waals surface area contributed by atoms with E-state index in [1.807, 2.05) is 30.3 Å². The Morgan fingerprint density at radius 2 is 1.67 bits per heavy atom. The van der Waals surface area contributed by atoms with Crippen molar-refractivity contribution in [1.29, 1.82) is 0 Å². The number of rotatable bonds is 7. The Bertz CT molecular complexity index is 1220. The lowest BCUT2D eigenvalue weighted by Gasteiger charge is -2.20. The van der Waals surface area contributed by atoms with Gasteiger partial charge in [0.1, 0.15) is 11.7 Å². The van der Waals surface area contributed by atoms with Crippen LogP contribution in [0.5, 0.6) is 0 Å². The van der Waals surface area contributed by atoms with Crippen LogP contribution in [0.25, 0.3) is 11.3 Å². The van der Waals surface area contributed by atoms with Crippen LogP contribution in [-0.4, -0.2) is 21.6 Å². The molecule has 1 aromatic heterocycles. The van der Waals surface area contributed by atoms with Crippen LogP contribution in [0.4, 0.5) is 11.4 Å². The average molecular weight is 467 g/mol. The highest BCUT2D eigenvalue weighted by atomic mass is 35.5. The average Bonchev–Trinajstić information content (AvgIpc) is 2.80. The molecule has 2 N–H and O–H groups in total. The molecule has 0 saturated carbocycles. The number of nitrogens with one attached hydrogen (secondary N) is 2. The zero-order valence-corrected chi connectivity index (χ0v) is 19.8. The molecule has 0 aliphatic rings. The first kappa shape index (κ1) is 24.2. The second-order valence-corrected chi connectivity index (χ2v) is 8.44. The van der Waals surface area contributed by atoms with Crippen LogP contribution < -0.4 is 16.2 Å². The van der Waals surface area contributed by atoms with Gasteiger partial charge in [0, 0.05) is 22.2 Å². The van der Waals surface area contributed by atoms with Crippen molar-refractivity contribution in [2.45, 2.75) is 40.2 Å². The molecule has 3 rings (SSSR count). The minimum atomic E-state index is -0.894. The lowest BCUT2D eigenvalue weighted by molar-refractivity contribution is -0.120. The number of aromatic nitrogens is 2. The van der Waals surface area contributed by atoms with Crippen LogP contribution in [0.1, 0.15) is 38.8 Å². The molecule has 7 nitrogen and oxygen atoms in total. The van der Waals surface area contributed by atoms with Gasteiger partial charge in [-0.15, -0.1) is 0 Å². The zero-order chi connectivity index (χ0) is 24.1. The third-order valence-corrected chi connectivity index (χ3v) is 5.71. The van der Waals surface area contributed by atoms with E-state index >= 15 is 0 Å². The van der Waals surface area contributed by atoms with Crippen LogP contribution in [0.15, 0.2) is 59.4 Å². The molecule has 3 aromatic rings. The first-order valence-corrected chi connectivity index (χ1v) is 11.2. The van der Waals surface area contributed by atoms with Crippen LogP contribution in [0, 0.1) is 12.8 Å². The SMILES string of the molecule is CCC(C(=O)Nc1cccc(Cl)c1C)n1nc(-c2ccccc2)cc(NC(=O)C(C)C)c1=O. The van der Waals surface area contributed by atoms with Crippen LogP contribution in [0.2, 0.25) is 5.02 Å². The molecular weight excluding hydrogens is 440 g/mol. The molecule has 2 aromatic carbocycles. The Morgan fingerprint density at radius 1 is 1.00 bits per heavy atom. The number of carbonyl (C=O) groups is 2. The van der Waals surface area contributed by atoms with Crippen molar-refractivity contribution in [3.05, 3.63) is 75.5 Å². The van der Waals surface area contributed by atoms with E-state index in [4.69, 9.17) is 11.6 Å². The molecule has 0 aliphatic heterocycles. The molecule has 0 aliphatic carbocycles. The number of benzene rings is 2. The highest BCUT2D eigenvalue weighted by molar-refractivity contribution is 6.31. The Kier molecular flexibility index (Phi) is 7.66.